The lowest BCUT2D eigenvalue weighted by atomic mass is 10.3. The Kier molecular flexibility index (Phi) is 1.97. The van der Waals surface area contributed by atoms with Crippen molar-refractivity contribution in [3.63, 3.8) is 0 Å². The predicted molar refractivity (Wildman–Crippen MR) is 34.6 cm³/mol. The number of nitrogens with zero attached hydrogens (tertiary/aromatic N) is 1. The van der Waals surface area contributed by atoms with Crippen LogP contribution in [0.2, 0.25) is 5.02 Å². The summed E-state index contributed by atoms with van der Waals surface area (Å²) >= 11 is 5.42. The molecule has 1 aromatic rings. The second kappa shape index (κ2) is 2.75. The van der Waals surface area contributed by atoms with E-state index in [1.807, 2.05) is 0 Å². The highest BCUT2D eigenvalue weighted by atomic mass is 35.5. The maximum Gasteiger partial charge on any atom is 0.214 e. The van der Waals surface area contributed by atoms with Crippen molar-refractivity contribution in [1.82, 2.24) is 4.98 Å². The molecule has 0 aliphatic carbocycles. The molecule has 0 saturated heterocycles. The molecule has 0 radical (unpaired) electrons. The van der Waals surface area contributed by atoms with Crippen LogP contribution in [0.25, 0.3) is 0 Å². The highest BCUT2D eigenvalue weighted by molar-refractivity contribution is 6.32. The van der Waals surface area contributed by atoms with Gasteiger partial charge in [0, 0.05) is 12.3 Å². The van der Waals surface area contributed by atoms with Crippen LogP contribution in [0.15, 0.2) is 12.3 Å². The molecule has 0 aromatic carbocycles. The number of hydrogen-bond acceptors (Lipinski definition) is 2. The van der Waals surface area contributed by atoms with Crippen LogP contribution in [0.1, 0.15) is 10.4 Å². The van der Waals surface area contributed by atoms with Crippen LogP contribution in [0.3, 0.4) is 0 Å². The van der Waals surface area contributed by atoms with Crippen LogP contribution in [-0.4, -0.2) is 11.3 Å². The molecule has 4 heteroatoms. The molecule has 10 heavy (non-hydrogen) atoms. The predicted octanol–water partition coefficient (Wildman–Crippen LogP) is 1.69. The average molecular weight is 160 g/mol. The van der Waals surface area contributed by atoms with Gasteiger partial charge >= 0.3 is 0 Å². The van der Waals surface area contributed by atoms with Crippen LogP contribution in [0, 0.1) is 5.95 Å². The minimum Gasteiger partial charge on any atom is -0.298 e. The number of pyridine rings is 1. The molecule has 1 aromatic heterocycles. The maximum absolute atomic E-state index is 12.2. The van der Waals surface area contributed by atoms with Gasteiger partial charge in [-0.05, 0) is 0 Å². The van der Waals surface area contributed by atoms with Gasteiger partial charge in [-0.15, -0.1) is 0 Å². The first-order valence-electron chi connectivity index (χ1n) is 2.50. The van der Waals surface area contributed by atoms with Gasteiger partial charge in [-0.1, -0.05) is 11.6 Å². The third kappa shape index (κ3) is 1.30. The Morgan fingerprint density at radius 3 is 2.90 bits per heavy atom. The third-order valence-electron chi connectivity index (χ3n) is 0.976. The fourth-order valence-electron chi connectivity index (χ4n) is 0.505. The van der Waals surface area contributed by atoms with Crippen LogP contribution >= 0.6 is 11.6 Å². The Bertz CT molecular complexity index is 264. The standard InChI is InChI=1S/C6H3ClFNO/c7-5-1-6(8)9-2-4(5)3-10/h1-3H. The van der Waals surface area contributed by atoms with Gasteiger partial charge in [-0.2, -0.15) is 4.39 Å². The van der Waals surface area contributed by atoms with Crippen molar-refractivity contribution in [3.8, 4) is 0 Å². The van der Waals surface area contributed by atoms with Crippen molar-refractivity contribution >= 4 is 17.9 Å². The van der Waals surface area contributed by atoms with Gasteiger partial charge in [0.15, 0.2) is 6.29 Å². The lowest BCUT2D eigenvalue weighted by molar-refractivity contribution is 0.112. The molecular formula is C6H3ClFNO. The third-order valence-corrected chi connectivity index (χ3v) is 1.30. The first-order valence-corrected chi connectivity index (χ1v) is 2.88. The Labute approximate surface area is 61.6 Å². The van der Waals surface area contributed by atoms with Gasteiger partial charge in [0.25, 0.3) is 0 Å². The van der Waals surface area contributed by atoms with E-state index >= 15 is 0 Å². The zero-order chi connectivity index (χ0) is 7.56. The summed E-state index contributed by atoms with van der Waals surface area (Å²) in [4.78, 5) is 13.3. The Morgan fingerprint density at radius 1 is 1.70 bits per heavy atom. The smallest absolute Gasteiger partial charge is 0.214 e. The van der Waals surface area contributed by atoms with Crippen LogP contribution < -0.4 is 0 Å². The van der Waals surface area contributed by atoms with Gasteiger partial charge < -0.3 is 0 Å². The molecule has 0 unspecified atom stereocenters. The Balaban J connectivity index is 3.19. The summed E-state index contributed by atoms with van der Waals surface area (Å²) in [5, 5.41) is 0.0856. The van der Waals surface area contributed by atoms with E-state index in [4.69, 9.17) is 11.6 Å². The molecule has 0 aliphatic rings. The average Bonchev–Trinajstić information content (AvgIpc) is 1.88. The van der Waals surface area contributed by atoms with E-state index < -0.39 is 5.95 Å². The van der Waals surface area contributed by atoms with E-state index in [1.54, 1.807) is 0 Å². The molecule has 1 rings (SSSR count). The number of aldehydes is 1. The molecule has 0 spiro atoms. The van der Waals surface area contributed by atoms with Crippen molar-refractivity contribution in [3.05, 3.63) is 28.8 Å². The van der Waals surface area contributed by atoms with Gasteiger partial charge in [0.05, 0.1) is 10.6 Å². The Hall–Kier alpha value is -0.960. The number of halogens is 2. The van der Waals surface area contributed by atoms with Gasteiger partial charge in [-0.25, -0.2) is 4.98 Å². The largest absolute Gasteiger partial charge is 0.298 e. The number of aromatic nitrogens is 1. The van der Waals surface area contributed by atoms with Crippen molar-refractivity contribution in [2.75, 3.05) is 0 Å². The van der Waals surface area contributed by atoms with Crippen molar-refractivity contribution in [2.24, 2.45) is 0 Å². The molecule has 0 saturated carbocycles. The molecule has 2 nitrogen and oxygen atoms in total. The monoisotopic (exact) mass is 159 g/mol. The molecule has 0 fully saturated rings. The van der Waals surface area contributed by atoms with Crippen LogP contribution in [0.4, 0.5) is 4.39 Å². The summed E-state index contributed by atoms with van der Waals surface area (Å²) in [6.07, 6.45) is 1.61. The number of carbonyl (C=O) groups excluding carboxylic acids is 1. The van der Waals surface area contributed by atoms with E-state index in [9.17, 15) is 9.18 Å². The molecule has 0 amide bonds. The van der Waals surface area contributed by atoms with E-state index in [-0.39, 0.29) is 10.6 Å². The maximum atomic E-state index is 12.2. The minimum absolute atomic E-state index is 0.0856. The second-order valence-electron chi connectivity index (χ2n) is 1.65. The number of rotatable bonds is 1. The number of hydrogen-bond donors (Lipinski definition) is 0. The van der Waals surface area contributed by atoms with Gasteiger partial charge in [0.2, 0.25) is 5.95 Å². The first-order chi connectivity index (χ1) is 4.74. The highest BCUT2D eigenvalue weighted by Gasteiger charge is 1.99. The van der Waals surface area contributed by atoms with Gasteiger partial charge in [0.1, 0.15) is 0 Å². The molecule has 0 aliphatic heterocycles. The molecule has 52 valence electrons. The van der Waals surface area contributed by atoms with E-state index in [1.165, 1.54) is 0 Å². The van der Waals surface area contributed by atoms with Crippen molar-refractivity contribution in [1.29, 1.82) is 0 Å². The first kappa shape index (κ1) is 7.15. The molecule has 1 heterocycles. The van der Waals surface area contributed by atoms with Crippen molar-refractivity contribution < 1.29 is 9.18 Å². The van der Waals surface area contributed by atoms with Crippen molar-refractivity contribution in [2.45, 2.75) is 0 Å². The zero-order valence-corrected chi connectivity index (χ0v) is 5.60. The molecule has 0 atom stereocenters. The lowest BCUT2D eigenvalue weighted by Crippen LogP contribution is -1.87. The van der Waals surface area contributed by atoms with E-state index in [0.29, 0.717) is 6.29 Å². The van der Waals surface area contributed by atoms with Gasteiger partial charge in [-0.3, -0.25) is 4.79 Å². The molecule has 0 bridgehead atoms. The summed E-state index contributed by atoms with van der Waals surface area (Å²) in [6, 6.07) is 0.991. The summed E-state index contributed by atoms with van der Waals surface area (Å²) in [6.45, 7) is 0. The second-order valence-corrected chi connectivity index (χ2v) is 2.05. The van der Waals surface area contributed by atoms with Crippen LogP contribution in [0.5, 0.6) is 0 Å². The lowest BCUT2D eigenvalue weighted by Gasteiger charge is -1.92. The highest BCUT2D eigenvalue weighted by Crippen LogP contribution is 2.12. The van der Waals surface area contributed by atoms with E-state index in [0.717, 1.165) is 12.3 Å². The summed E-state index contributed by atoms with van der Waals surface area (Å²) in [7, 11) is 0. The zero-order valence-electron chi connectivity index (χ0n) is 4.84. The fraction of sp³-hybridized carbons (Fsp3) is 0. The summed E-state index contributed by atoms with van der Waals surface area (Å²) in [5.74, 6) is -0.685. The summed E-state index contributed by atoms with van der Waals surface area (Å²) < 4.78 is 12.2. The number of carbonyl (C=O) groups is 1. The normalized spacial score (nSPS) is 9.40. The molecule has 0 N–H and O–H groups in total. The topological polar surface area (TPSA) is 30.0 Å². The minimum atomic E-state index is -0.685. The quantitative estimate of drug-likeness (QED) is 0.461. The summed E-state index contributed by atoms with van der Waals surface area (Å²) in [5.41, 5.74) is 0.197. The molecular weight excluding hydrogens is 157 g/mol. The Morgan fingerprint density at radius 2 is 2.40 bits per heavy atom. The SMILES string of the molecule is O=Cc1cnc(F)cc1Cl. The van der Waals surface area contributed by atoms with E-state index in [2.05, 4.69) is 4.98 Å². The van der Waals surface area contributed by atoms with Crippen LogP contribution in [-0.2, 0) is 0 Å². The fourth-order valence-corrected chi connectivity index (χ4v) is 0.688.